The summed E-state index contributed by atoms with van der Waals surface area (Å²) < 4.78 is 40.0. The lowest BCUT2D eigenvalue weighted by Gasteiger charge is -2.18. The molecule has 0 saturated carbocycles. The lowest BCUT2D eigenvalue weighted by Crippen LogP contribution is -2.19. The van der Waals surface area contributed by atoms with Crippen molar-refractivity contribution in [2.45, 2.75) is 12.9 Å². The second-order valence-electron chi connectivity index (χ2n) is 4.57. The number of hydrogen-bond acceptors (Lipinski definition) is 4. The fourth-order valence-electron chi connectivity index (χ4n) is 1.89. The van der Waals surface area contributed by atoms with Gasteiger partial charge in [0.25, 0.3) is 0 Å². The standard InChI is InChI=1S/C15H12F3N3O/c1-21(10-12-4-2-3-11(7-12)8-19)14-6-5-13(9-20-14)22-15(16,17)18/h2-7,9H,10H2,1H3. The zero-order valence-corrected chi connectivity index (χ0v) is 11.6. The van der Waals surface area contributed by atoms with Gasteiger partial charge in [-0.05, 0) is 29.8 Å². The Morgan fingerprint density at radius 3 is 2.64 bits per heavy atom. The number of anilines is 1. The third-order valence-corrected chi connectivity index (χ3v) is 2.82. The zero-order valence-electron chi connectivity index (χ0n) is 11.6. The van der Waals surface area contributed by atoms with Crippen molar-refractivity contribution >= 4 is 5.82 Å². The summed E-state index contributed by atoms with van der Waals surface area (Å²) in [6.45, 7) is 0.474. The number of alkyl halides is 3. The van der Waals surface area contributed by atoms with E-state index in [4.69, 9.17) is 5.26 Å². The lowest BCUT2D eigenvalue weighted by molar-refractivity contribution is -0.274. The molecule has 0 bridgehead atoms. The Balaban J connectivity index is 2.06. The smallest absolute Gasteiger partial charge is 0.404 e. The molecule has 0 aliphatic heterocycles. The van der Waals surface area contributed by atoms with E-state index in [1.54, 1.807) is 30.1 Å². The van der Waals surface area contributed by atoms with E-state index >= 15 is 0 Å². The molecule has 0 saturated heterocycles. The van der Waals surface area contributed by atoms with Gasteiger partial charge in [0, 0.05) is 13.6 Å². The Kier molecular flexibility index (Phi) is 4.51. The number of benzene rings is 1. The van der Waals surface area contributed by atoms with Crippen molar-refractivity contribution in [2.75, 3.05) is 11.9 Å². The molecule has 1 aromatic carbocycles. The van der Waals surface area contributed by atoms with Crippen LogP contribution in [-0.2, 0) is 6.54 Å². The largest absolute Gasteiger partial charge is 0.573 e. The summed E-state index contributed by atoms with van der Waals surface area (Å²) in [5, 5.41) is 8.85. The van der Waals surface area contributed by atoms with Crippen molar-refractivity contribution in [1.29, 1.82) is 5.26 Å². The van der Waals surface area contributed by atoms with Gasteiger partial charge >= 0.3 is 6.36 Å². The molecule has 0 spiro atoms. The normalized spacial score (nSPS) is 10.9. The van der Waals surface area contributed by atoms with E-state index < -0.39 is 6.36 Å². The van der Waals surface area contributed by atoms with Gasteiger partial charge in [-0.25, -0.2) is 4.98 Å². The first-order valence-electron chi connectivity index (χ1n) is 6.29. The molecule has 0 atom stereocenters. The lowest BCUT2D eigenvalue weighted by atomic mass is 10.1. The number of ether oxygens (including phenoxy) is 1. The average molecular weight is 307 g/mol. The van der Waals surface area contributed by atoms with Gasteiger partial charge < -0.3 is 9.64 Å². The van der Waals surface area contributed by atoms with Crippen molar-refractivity contribution in [1.82, 2.24) is 4.98 Å². The number of halogens is 3. The van der Waals surface area contributed by atoms with Gasteiger partial charge in [0.2, 0.25) is 0 Å². The van der Waals surface area contributed by atoms with Crippen molar-refractivity contribution in [2.24, 2.45) is 0 Å². The third kappa shape index (κ3) is 4.38. The highest BCUT2D eigenvalue weighted by molar-refractivity contribution is 5.42. The maximum atomic E-state index is 12.1. The van der Waals surface area contributed by atoms with Crippen LogP contribution in [0.15, 0.2) is 42.6 Å². The van der Waals surface area contributed by atoms with E-state index in [1.165, 1.54) is 12.1 Å². The molecule has 1 aromatic heterocycles. The Morgan fingerprint density at radius 1 is 1.27 bits per heavy atom. The highest BCUT2D eigenvalue weighted by atomic mass is 19.4. The Morgan fingerprint density at radius 2 is 2.05 bits per heavy atom. The Labute approximate surface area is 125 Å². The predicted molar refractivity (Wildman–Crippen MR) is 74.2 cm³/mol. The van der Waals surface area contributed by atoms with Crippen LogP contribution >= 0.6 is 0 Å². The van der Waals surface area contributed by atoms with Gasteiger partial charge in [0.05, 0.1) is 17.8 Å². The monoisotopic (exact) mass is 307 g/mol. The van der Waals surface area contributed by atoms with E-state index in [9.17, 15) is 13.2 Å². The molecular weight excluding hydrogens is 295 g/mol. The van der Waals surface area contributed by atoms with Crippen LogP contribution in [0.4, 0.5) is 19.0 Å². The maximum Gasteiger partial charge on any atom is 0.573 e. The summed E-state index contributed by atoms with van der Waals surface area (Å²) in [6.07, 6.45) is -3.71. The first kappa shape index (κ1) is 15.6. The second kappa shape index (κ2) is 6.35. The number of nitrogens with zero attached hydrogens (tertiary/aromatic N) is 3. The molecule has 0 aliphatic carbocycles. The van der Waals surface area contributed by atoms with Gasteiger partial charge in [-0.3, -0.25) is 0 Å². The fourth-order valence-corrected chi connectivity index (χ4v) is 1.89. The third-order valence-electron chi connectivity index (χ3n) is 2.82. The molecule has 0 fully saturated rings. The van der Waals surface area contributed by atoms with Crippen LogP contribution in [0.3, 0.4) is 0 Å². The highest BCUT2D eigenvalue weighted by Gasteiger charge is 2.31. The van der Waals surface area contributed by atoms with E-state index in [-0.39, 0.29) is 5.75 Å². The van der Waals surface area contributed by atoms with E-state index in [2.05, 4.69) is 15.8 Å². The van der Waals surface area contributed by atoms with Crippen LogP contribution in [0.5, 0.6) is 5.75 Å². The number of nitriles is 1. The van der Waals surface area contributed by atoms with Crippen molar-refractivity contribution in [3.63, 3.8) is 0 Å². The van der Waals surface area contributed by atoms with Crippen LogP contribution in [0.1, 0.15) is 11.1 Å². The maximum absolute atomic E-state index is 12.1. The van der Waals surface area contributed by atoms with Gasteiger partial charge in [0.15, 0.2) is 0 Å². The molecule has 2 aromatic rings. The highest BCUT2D eigenvalue weighted by Crippen LogP contribution is 2.23. The first-order chi connectivity index (χ1) is 10.4. The molecule has 0 unspecified atom stereocenters. The molecule has 22 heavy (non-hydrogen) atoms. The summed E-state index contributed by atoms with van der Waals surface area (Å²) in [5.41, 5.74) is 1.45. The quantitative estimate of drug-likeness (QED) is 0.867. The summed E-state index contributed by atoms with van der Waals surface area (Å²) in [4.78, 5) is 5.70. The molecule has 4 nitrogen and oxygen atoms in total. The van der Waals surface area contributed by atoms with Gasteiger partial charge in [-0.15, -0.1) is 13.2 Å². The summed E-state index contributed by atoms with van der Waals surface area (Å²) in [6, 6.07) is 11.8. The molecule has 7 heteroatoms. The van der Waals surface area contributed by atoms with Crippen molar-refractivity contribution in [3.8, 4) is 11.8 Å². The number of rotatable bonds is 4. The molecule has 114 valence electrons. The van der Waals surface area contributed by atoms with E-state index in [0.717, 1.165) is 11.8 Å². The minimum Gasteiger partial charge on any atom is -0.404 e. The van der Waals surface area contributed by atoms with Crippen molar-refractivity contribution < 1.29 is 17.9 Å². The first-order valence-corrected chi connectivity index (χ1v) is 6.29. The van der Waals surface area contributed by atoms with Crippen LogP contribution < -0.4 is 9.64 Å². The molecule has 0 radical (unpaired) electrons. The Bertz CT molecular complexity index is 678. The Hall–Kier alpha value is -2.75. The minimum atomic E-state index is -4.73. The van der Waals surface area contributed by atoms with Gasteiger partial charge in [-0.1, -0.05) is 12.1 Å². The summed E-state index contributed by atoms with van der Waals surface area (Å²) in [7, 11) is 1.76. The molecule has 1 heterocycles. The summed E-state index contributed by atoms with van der Waals surface area (Å²) in [5.74, 6) is 0.132. The zero-order chi connectivity index (χ0) is 16.2. The molecule has 0 aliphatic rings. The number of pyridine rings is 1. The number of aromatic nitrogens is 1. The predicted octanol–water partition coefficient (Wildman–Crippen LogP) is 3.49. The van der Waals surface area contributed by atoms with Crippen LogP contribution in [0.25, 0.3) is 0 Å². The van der Waals surface area contributed by atoms with Crippen LogP contribution in [0.2, 0.25) is 0 Å². The molecular formula is C15H12F3N3O. The minimum absolute atomic E-state index is 0.365. The summed E-state index contributed by atoms with van der Waals surface area (Å²) >= 11 is 0. The van der Waals surface area contributed by atoms with Crippen LogP contribution in [-0.4, -0.2) is 18.4 Å². The van der Waals surface area contributed by atoms with Crippen molar-refractivity contribution in [3.05, 3.63) is 53.7 Å². The van der Waals surface area contributed by atoms with E-state index in [1.807, 2.05) is 6.07 Å². The molecule has 2 rings (SSSR count). The molecule has 0 amide bonds. The van der Waals surface area contributed by atoms with E-state index in [0.29, 0.717) is 17.9 Å². The SMILES string of the molecule is CN(Cc1cccc(C#N)c1)c1ccc(OC(F)(F)F)cn1. The van der Waals surface area contributed by atoms with Crippen LogP contribution in [0, 0.1) is 11.3 Å². The van der Waals surface area contributed by atoms with Gasteiger partial charge in [-0.2, -0.15) is 5.26 Å². The number of hydrogen-bond donors (Lipinski definition) is 0. The average Bonchev–Trinajstić information content (AvgIpc) is 2.46. The van der Waals surface area contributed by atoms with Gasteiger partial charge in [0.1, 0.15) is 11.6 Å². The fraction of sp³-hybridized carbons (Fsp3) is 0.200. The molecule has 0 N–H and O–H groups in total. The topological polar surface area (TPSA) is 49.2 Å². The second-order valence-corrected chi connectivity index (χ2v) is 4.57.